The van der Waals surface area contributed by atoms with Gasteiger partial charge in [0.1, 0.15) is 11.6 Å². The lowest BCUT2D eigenvalue weighted by Gasteiger charge is -2.22. The number of piperidine rings is 1. The van der Waals surface area contributed by atoms with Gasteiger partial charge in [-0.25, -0.2) is 4.98 Å². The molecule has 0 amide bonds. The van der Waals surface area contributed by atoms with Crippen LogP contribution in [0.25, 0.3) is 0 Å². The number of nitrogens with two attached hydrogens (primary N) is 1. The van der Waals surface area contributed by atoms with E-state index in [1.807, 2.05) is 12.1 Å². The van der Waals surface area contributed by atoms with Gasteiger partial charge in [-0.1, -0.05) is 6.07 Å². The summed E-state index contributed by atoms with van der Waals surface area (Å²) in [6, 6.07) is 3.70. The molecule has 1 aliphatic rings. The van der Waals surface area contributed by atoms with Crippen LogP contribution in [0.4, 0.5) is 5.82 Å². The number of rotatable bonds is 5. The number of pyridine rings is 1. The molecular weight excluding hydrogens is 226 g/mol. The molecule has 98 valence electrons. The maximum absolute atomic E-state index is 11.9. The first-order chi connectivity index (χ1) is 8.75. The van der Waals surface area contributed by atoms with E-state index in [1.165, 1.54) is 12.8 Å². The van der Waals surface area contributed by atoms with Gasteiger partial charge in [0.15, 0.2) is 0 Å². The standard InChI is InChI=1S/C14H21N3O/c15-14-12(4-2-8-17-14)9-13(18)6-5-11-3-1-7-16-10-11/h2,4,8,11,16H,1,3,5-7,9-10H2,(H2,15,17). The van der Waals surface area contributed by atoms with Crippen molar-refractivity contribution in [1.82, 2.24) is 10.3 Å². The van der Waals surface area contributed by atoms with Crippen molar-refractivity contribution in [1.29, 1.82) is 0 Å². The molecule has 0 spiro atoms. The molecule has 0 bridgehead atoms. The highest BCUT2D eigenvalue weighted by Gasteiger charge is 2.15. The molecule has 4 heteroatoms. The lowest BCUT2D eigenvalue weighted by atomic mass is 9.93. The van der Waals surface area contributed by atoms with E-state index in [2.05, 4.69) is 10.3 Å². The van der Waals surface area contributed by atoms with E-state index in [9.17, 15) is 4.79 Å². The Hall–Kier alpha value is -1.42. The second kappa shape index (κ2) is 6.50. The van der Waals surface area contributed by atoms with Crippen LogP contribution in [0.3, 0.4) is 0 Å². The van der Waals surface area contributed by atoms with E-state index in [0.717, 1.165) is 25.1 Å². The molecule has 0 aliphatic carbocycles. The molecular formula is C14H21N3O. The monoisotopic (exact) mass is 247 g/mol. The number of Topliss-reactive ketones (excluding diaryl/α,β-unsaturated/α-hetero) is 1. The number of nitrogens with one attached hydrogen (secondary N) is 1. The number of aromatic nitrogens is 1. The fourth-order valence-corrected chi connectivity index (χ4v) is 2.44. The van der Waals surface area contributed by atoms with Crippen LogP contribution >= 0.6 is 0 Å². The van der Waals surface area contributed by atoms with Crippen molar-refractivity contribution in [3.05, 3.63) is 23.9 Å². The topological polar surface area (TPSA) is 68.0 Å². The van der Waals surface area contributed by atoms with E-state index >= 15 is 0 Å². The molecule has 4 nitrogen and oxygen atoms in total. The van der Waals surface area contributed by atoms with Crippen molar-refractivity contribution in [2.75, 3.05) is 18.8 Å². The molecule has 2 rings (SSSR count). The number of anilines is 1. The Labute approximate surface area is 108 Å². The summed E-state index contributed by atoms with van der Waals surface area (Å²) in [6.07, 6.45) is 6.19. The summed E-state index contributed by atoms with van der Waals surface area (Å²) in [5.41, 5.74) is 6.59. The third-order valence-corrected chi connectivity index (χ3v) is 3.54. The lowest BCUT2D eigenvalue weighted by molar-refractivity contribution is -0.118. The van der Waals surface area contributed by atoms with Crippen molar-refractivity contribution < 1.29 is 4.79 Å². The van der Waals surface area contributed by atoms with Gasteiger partial charge in [0.05, 0.1) is 0 Å². The fraction of sp³-hybridized carbons (Fsp3) is 0.571. The molecule has 1 atom stereocenters. The summed E-state index contributed by atoms with van der Waals surface area (Å²) < 4.78 is 0. The van der Waals surface area contributed by atoms with Crippen LogP contribution in [-0.4, -0.2) is 23.9 Å². The van der Waals surface area contributed by atoms with Crippen molar-refractivity contribution in [2.45, 2.75) is 32.1 Å². The Morgan fingerprint density at radius 2 is 2.44 bits per heavy atom. The molecule has 1 saturated heterocycles. The minimum atomic E-state index is 0.264. The van der Waals surface area contributed by atoms with E-state index in [0.29, 0.717) is 24.6 Å². The molecule has 1 aromatic rings. The van der Waals surface area contributed by atoms with E-state index in [4.69, 9.17) is 5.73 Å². The van der Waals surface area contributed by atoms with Crippen molar-refractivity contribution >= 4 is 11.6 Å². The Morgan fingerprint density at radius 1 is 1.56 bits per heavy atom. The largest absolute Gasteiger partial charge is 0.383 e. The zero-order valence-corrected chi connectivity index (χ0v) is 10.7. The zero-order chi connectivity index (χ0) is 12.8. The number of ketones is 1. The predicted molar refractivity (Wildman–Crippen MR) is 72.2 cm³/mol. The molecule has 0 aromatic carbocycles. The minimum absolute atomic E-state index is 0.264. The van der Waals surface area contributed by atoms with Crippen LogP contribution in [-0.2, 0) is 11.2 Å². The second-order valence-electron chi connectivity index (χ2n) is 5.01. The zero-order valence-electron chi connectivity index (χ0n) is 10.7. The first kappa shape index (κ1) is 13.0. The van der Waals surface area contributed by atoms with Crippen LogP contribution in [0.1, 0.15) is 31.2 Å². The smallest absolute Gasteiger partial charge is 0.137 e. The Kier molecular flexibility index (Phi) is 4.70. The van der Waals surface area contributed by atoms with Gasteiger partial charge in [-0.3, -0.25) is 4.79 Å². The van der Waals surface area contributed by atoms with E-state index in [-0.39, 0.29) is 5.78 Å². The molecule has 18 heavy (non-hydrogen) atoms. The van der Waals surface area contributed by atoms with Gasteiger partial charge >= 0.3 is 0 Å². The van der Waals surface area contributed by atoms with Crippen molar-refractivity contribution in [3.63, 3.8) is 0 Å². The SMILES string of the molecule is Nc1ncccc1CC(=O)CCC1CCCNC1. The quantitative estimate of drug-likeness (QED) is 0.828. The Morgan fingerprint density at radius 3 is 3.17 bits per heavy atom. The van der Waals surface area contributed by atoms with E-state index < -0.39 is 0 Å². The van der Waals surface area contributed by atoms with Gasteiger partial charge in [0.25, 0.3) is 0 Å². The Bertz CT molecular complexity index is 400. The molecule has 1 aliphatic heterocycles. The van der Waals surface area contributed by atoms with E-state index in [1.54, 1.807) is 6.20 Å². The molecule has 1 unspecified atom stereocenters. The van der Waals surface area contributed by atoms with Gasteiger partial charge < -0.3 is 11.1 Å². The number of carbonyl (C=O) groups is 1. The van der Waals surface area contributed by atoms with Crippen LogP contribution < -0.4 is 11.1 Å². The lowest BCUT2D eigenvalue weighted by Crippen LogP contribution is -2.30. The maximum atomic E-state index is 11.9. The number of hydrogen-bond donors (Lipinski definition) is 2. The van der Waals surface area contributed by atoms with Gasteiger partial charge in [0, 0.05) is 24.6 Å². The fourth-order valence-electron chi connectivity index (χ4n) is 2.44. The summed E-state index contributed by atoms with van der Waals surface area (Å²) >= 11 is 0. The van der Waals surface area contributed by atoms with Crippen molar-refractivity contribution in [2.24, 2.45) is 5.92 Å². The predicted octanol–water partition coefficient (Wildman–Crippen LogP) is 1.56. The summed E-state index contributed by atoms with van der Waals surface area (Å²) in [5.74, 6) is 1.40. The van der Waals surface area contributed by atoms with Gasteiger partial charge in [-0.05, 0) is 44.3 Å². The number of nitrogens with zero attached hydrogens (tertiary/aromatic N) is 1. The summed E-state index contributed by atoms with van der Waals surface area (Å²) in [6.45, 7) is 2.18. The minimum Gasteiger partial charge on any atom is -0.383 e. The molecule has 2 heterocycles. The van der Waals surface area contributed by atoms with Gasteiger partial charge in [-0.2, -0.15) is 0 Å². The summed E-state index contributed by atoms with van der Waals surface area (Å²) in [5, 5.41) is 3.38. The first-order valence-corrected chi connectivity index (χ1v) is 6.67. The molecule has 3 N–H and O–H groups in total. The Balaban J connectivity index is 1.76. The number of hydrogen-bond acceptors (Lipinski definition) is 4. The highest BCUT2D eigenvalue weighted by atomic mass is 16.1. The molecule has 1 aromatic heterocycles. The van der Waals surface area contributed by atoms with Crippen LogP contribution in [0.15, 0.2) is 18.3 Å². The molecule has 0 saturated carbocycles. The average Bonchev–Trinajstić information content (AvgIpc) is 2.40. The highest BCUT2D eigenvalue weighted by molar-refractivity contribution is 5.81. The third kappa shape index (κ3) is 3.81. The van der Waals surface area contributed by atoms with Crippen LogP contribution in [0.2, 0.25) is 0 Å². The number of nitrogen functional groups attached to an aromatic ring is 1. The van der Waals surface area contributed by atoms with Crippen LogP contribution in [0.5, 0.6) is 0 Å². The van der Waals surface area contributed by atoms with Crippen LogP contribution in [0, 0.1) is 5.92 Å². The normalized spacial score (nSPS) is 19.7. The first-order valence-electron chi connectivity index (χ1n) is 6.67. The number of carbonyl (C=O) groups excluding carboxylic acids is 1. The molecule has 0 radical (unpaired) electrons. The summed E-state index contributed by atoms with van der Waals surface area (Å²) in [7, 11) is 0. The van der Waals surface area contributed by atoms with Gasteiger partial charge in [0.2, 0.25) is 0 Å². The second-order valence-corrected chi connectivity index (χ2v) is 5.01. The summed E-state index contributed by atoms with van der Waals surface area (Å²) in [4.78, 5) is 15.9. The maximum Gasteiger partial charge on any atom is 0.137 e. The highest BCUT2D eigenvalue weighted by Crippen LogP contribution is 2.17. The average molecular weight is 247 g/mol. The van der Waals surface area contributed by atoms with Gasteiger partial charge in [-0.15, -0.1) is 0 Å². The third-order valence-electron chi connectivity index (χ3n) is 3.54. The molecule has 1 fully saturated rings. The van der Waals surface area contributed by atoms with Crippen molar-refractivity contribution in [3.8, 4) is 0 Å².